The van der Waals surface area contributed by atoms with Gasteiger partial charge in [-0.2, -0.15) is 5.26 Å². The van der Waals surface area contributed by atoms with Gasteiger partial charge in [-0.3, -0.25) is 13.9 Å². The molecular weight excluding hydrogens is 308 g/mol. The fourth-order valence-electron chi connectivity index (χ4n) is 2.34. The first-order chi connectivity index (χ1) is 11.3. The van der Waals surface area contributed by atoms with E-state index in [0.29, 0.717) is 5.69 Å². The predicted molar refractivity (Wildman–Crippen MR) is 91.9 cm³/mol. The van der Waals surface area contributed by atoms with Crippen molar-refractivity contribution in [2.45, 2.75) is 26.9 Å². The van der Waals surface area contributed by atoms with Crippen LogP contribution in [0.2, 0.25) is 0 Å². The van der Waals surface area contributed by atoms with Gasteiger partial charge in [-0.25, -0.2) is 4.79 Å². The molecule has 0 radical (unpaired) electrons. The average Bonchev–Trinajstić information content (AvgIpc) is 2.53. The quantitative estimate of drug-likeness (QED) is 0.924. The number of nitriles is 1. The first-order valence-electron chi connectivity index (χ1n) is 7.50. The van der Waals surface area contributed by atoms with E-state index in [0.717, 1.165) is 15.9 Å². The molecule has 1 aromatic heterocycles. The van der Waals surface area contributed by atoms with E-state index in [1.807, 2.05) is 39.0 Å². The summed E-state index contributed by atoms with van der Waals surface area (Å²) < 4.78 is 7.84. The highest BCUT2D eigenvalue weighted by molar-refractivity contribution is 5.64. The molecule has 2 aromatic rings. The third-order valence-electron chi connectivity index (χ3n) is 3.58. The molecule has 0 fully saturated rings. The summed E-state index contributed by atoms with van der Waals surface area (Å²) in [6, 6.07) is 7.28. The topological polar surface area (TPSA) is 89.0 Å². The van der Waals surface area contributed by atoms with Gasteiger partial charge in [-0.15, -0.1) is 0 Å². The normalized spacial score (nSPS) is 10.5. The predicted octanol–water partition coefficient (Wildman–Crippen LogP) is 1.79. The standard InChI is InChI=1S/C17H20N4O3/c1-10(2)24-14-7-6-12(8-11(14)3)19-15-13(9-18)16(22)21(5)17(23)20(15)4/h6-8,10,19H,1-5H3. The summed E-state index contributed by atoms with van der Waals surface area (Å²) in [6.07, 6.45) is 0.0608. The highest BCUT2D eigenvalue weighted by atomic mass is 16.5. The third-order valence-corrected chi connectivity index (χ3v) is 3.58. The van der Waals surface area contributed by atoms with Gasteiger partial charge in [-0.1, -0.05) is 0 Å². The molecule has 0 saturated carbocycles. The molecule has 0 aliphatic rings. The number of nitrogens with zero attached hydrogens (tertiary/aromatic N) is 3. The van der Waals surface area contributed by atoms with Gasteiger partial charge in [0.15, 0.2) is 5.56 Å². The lowest BCUT2D eigenvalue weighted by Gasteiger charge is -2.16. The van der Waals surface area contributed by atoms with Crippen LogP contribution in [0.5, 0.6) is 5.75 Å². The van der Waals surface area contributed by atoms with Crippen LogP contribution < -0.4 is 21.3 Å². The number of nitrogens with one attached hydrogen (secondary N) is 1. The molecule has 0 aliphatic heterocycles. The molecule has 0 spiro atoms. The molecule has 126 valence electrons. The van der Waals surface area contributed by atoms with Crippen LogP contribution in [0.25, 0.3) is 0 Å². The number of hydrogen-bond donors (Lipinski definition) is 1. The highest BCUT2D eigenvalue weighted by Crippen LogP contribution is 2.25. The van der Waals surface area contributed by atoms with Gasteiger partial charge in [0.05, 0.1) is 6.10 Å². The second-order valence-electron chi connectivity index (χ2n) is 5.81. The smallest absolute Gasteiger partial charge is 0.332 e. The summed E-state index contributed by atoms with van der Waals surface area (Å²) in [4.78, 5) is 24.2. The summed E-state index contributed by atoms with van der Waals surface area (Å²) >= 11 is 0. The van der Waals surface area contributed by atoms with Crippen LogP contribution in [0.15, 0.2) is 27.8 Å². The molecule has 0 atom stereocenters. The number of benzene rings is 1. The van der Waals surface area contributed by atoms with Crippen LogP contribution >= 0.6 is 0 Å². The Balaban J connectivity index is 2.50. The van der Waals surface area contributed by atoms with Crippen LogP contribution in [0.4, 0.5) is 11.5 Å². The summed E-state index contributed by atoms with van der Waals surface area (Å²) in [6.45, 7) is 5.79. The van der Waals surface area contributed by atoms with E-state index in [1.165, 1.54) is 18.7 Å². The first kappa shape index (κ1) is 17.3. The van der Waals surface area contributed by atoms with Crippen molar-refractivity contribution in [2.75, 3.05) is 5.32 Å². The lowest BCUT2D eigenvalue weighted by Crippen LogP contribution is -2.39. The van der Waals surface area contributed by atoms with Crippen molar-refractivity contribution in [2.24, 2.45) is 14.1 Å². The minimum absolute atomic E-state index is 0.0608. The number of hydrogen-bond acceptors (Lipinski definition) is 5. The number of aromatic nitrogens is 2. The third kappa shape index (κ3) is 3.18. The van der Waals surface area contributed by atoms with Crippen molar-refractivity contribution in [3.63, 3.8) is 0 Å². The zero-order chi connectivity index (χ0) is 18.0. The molecule has 1 N–H and O–H groups in total. The number of anilines is 2. The molecule has 7 nitrogen and oxygen atoms in total. The van der Waals surface area contributed by atoms with Gasteiger partial charge in [0.25, 0.3) is 5.56 Å². The first-order valence-corrected chi connectivity index (χ1v) is 7.50. The maximum absolute atomic E-state index is 12.1. The Bertz CT molecular complexity index is 933. The maximum atomic E-state index is 12.1. The molecule has 24 heavy (non-hydrogen) atoms. The van der Waals surface area contributed by atoms with Crippen molar-refractivity contribution in [3.8, 4) is 11.8 Å². The van der Waals surface area contributed by atoms with Crippen LogP contribution in [-0.4, -0.2) is 15.2 Å². The Kier molecular flexibility index (Phi) is 4.79. The monoisotopic (exact) mass is 328 g/mol. The van der Waals surface area contributed by atoms with Gasteiger partial charge in [0.1, 0.15) is 17.6 Å². The van der Waals surface area contributed by atoms with Crippen LogP contribution in [0.1, 0.15) is 25.0 Å². The van der Waals surface area contributed by atoms with E-state index in [-0.39, 0.29) is 17.5 Å². The number of ether oxygens (including phenoxy) is 1. The largest absolute Gasteiger partial charge is 0.491 e. The fourth-order valence-corrected chi connectivity index (χ4v) is 2.34. The van der Waals surface area contributed by atoms with Crippen molar-refractivity contribution in [1.29, 1.82) is 5.26 Å². The van der Waals surface area contributed by atoms with Crippen molar-refractivity contribution >= 4 is 11.5 Å². The van der Waals surface area contributed by atoms with Gasteiger partial charge < -0.3 is 10.1 Å². The molecule has 0 aliphatic carbocycles. The molecule has 1 heterocycles. The zero-order valence-electron chi connectivity index (χ0n) is 14.4. The van der Waals surface area contributed by atoms with E-state index in [2.05, 4.69) is 5.32 Å². The van der Waals surface area contributed by atoms with E-state index >= 15 is 0 Å². The summed E-state index contributed by atoms with van der Waals surface area (Å²) in [5, 5.41) is 12.3. The van der Waals surface area contributed by atoms with E-state index in [1.54, 1.807) is 6.07 Å². The summed E-state index contributed by atoms with van der Waals surface area (Å²) in [7, 11) is 2.85. The lowest BCUT2D eigenvalue weighted by molar-refractivity contribution is 0.241. The van der Waals surface area contributed by atoms with E-state index < -0.39 is 11.2 Å². The molecular formula is C17H20N4O3. The van der Waals surface area contributed by atoms with Crippen LogP contribution in [0, 0.1) is 18.3 Å². The molecule has 0 amide bonds. The molecule has 1 aromatic carbocycles. The highest BCUT2D eigenvalue weighted by Gasteiger charge is 2.16. The minimum Gasteiger partial charge on any atom is -0.491 e. The molecule has 0 saturated heterocycles. The van der Waals surface area contributed by atoms with Gasteiger partial charge >= 0.3 is 5.69 Å². The summed E-state index contributed by atoms with van der Waals surface area (Å²) in [5.74, 6) is 0.927. The summed E-state index contributed by atoms with van der Waals surface area (Å²) in [5.41, 5.74) is 0.321. The minimum atomic E-state index is -0.625. The Morgan fingerprint density at radius 1 is 1.21 bits per heavy atom. The number of rotatable bonds is 4. The Morgan fingerprint density at radius 3 is 2.42 bits per heavy atom. The fraction of sp³-hybridized carbons (Fsp3) is 0.353. The Hall–Kier alpha value is -3.01. The van der Waals surface area contributed by atoms with E-state index in [9.17, 15) is 14.9 Å². The van der Waals surface area contributed by atoms with Crippen molar-refractivity contribution in [3.05, 3.63) is 50.2 Å². The van der Waals surface area contributed by atoms with Gasteiger partial charge in [0, 0.05) is 19.8 Å². The maximum Gasteiger partial charge on any atom is 0.332 e. The van der Waals surface area contributed by atoms with E-state index in [4.69, 9.17) is 4.74 Å². The van der Waals surface area contributed by atoms with Crippen molar-refractivity contribution in [1.82, 2.24) is 9.13 Å². The average molecular weight is 328 g/mol. The van der Waals surface area contributed by atoms with Crippen LogP contribution in [-0.2, 0) is 14.1 Å². The number of aryl methyl sites for hydroxylation is 1. The Labute approximate surface area is 139 Å². The molecule has 2 rings (SSSR count). The Morgan fingerprint density at radius 2 is 1.88 bits per heavy atom. The van der Waals surface area contributed by atoms with Gasteiger partial charge in [0.2, 0.25) is 0 Å². The molecule has 0 unspecified atom stereocenters. The SMILES string of the molecule is Cc1cc(Nc2c(C#N)c(=O)n(C)c(=O)n2C)ccc1OC(C)C. The molecule has 0 bridgehead atoms. The second kappa shape index (κ2) is 6.62. The lowest BCUT2D eigenvalue weighted by atomic mass is 10.2. The van der Waals surface area contributed by atoms with Crippen molar-refractivity contribution < 1.29 is 4.74 Å². The zero-order valence-corrected chi connectivity index (χ0v) is 14.4. The second-order valence-corrected chi connectivity index (χ2v) is 5.81. The van der Waals surface area contributed by atoms with Gasteiger partial charge in [-0.05, 0) is 44.5 Å². The molecule has 7 heteroatoms. The van der Waals surface area contributed by atoms with Crippen LogP contribution in [0.3, 0.4) is 0 Å².